The van der Waals surface area contributed by atoms with Crippen LogP contribution in [0.5, 0.6) is 5.75 Å². The van der Waals surface area contributed by atoms with Crippen LogP contribution in [0.2, 0.25) is 0 Å². The first-order valence-corrected chi connectivity index (χ1v) is 7.20. The van der Waals surface area contributed by atoms with Crippen molar-refractivity contribution < 1.29 is 22.6 Å². The molecule has 0 radical (unpaired) electrons. The number of halogens is 3. The summed E-state index contributed by atoms with van der Waals surface area (Å²) in [5.74, 6) is -0.193. The van der Waals surface area contributed by atoms with Gasteiger partial charge in [0.2, 0.25) is 0 Å². The van der Waals surface area contributed by atoms with E-state index < -0.39 is 6.36 Å². The van der Waals surface area contributed by atoms with Gasteiger partial charge in [-0.25, -0.2) is 0 Å². The van der Waals surface area contributed by atoms with Gasteiger partial charge < -0.3 is 14.8 Å². The molecule has 3 nitrogen and oxygen atoms in total. The number of hydrogen-bond donors (Lipinski definition) is 1. The average Bonchev–Trinajstić information content (AvgIpc) is 2.91. The predicted molar refractivity (Wildman–Crippen MR) is 73.1 cm³/mol. The molecule has 0 bridgehead atoms. The molecule has 1 aromatic rings. The molecule has 0 aromatic heterocycles. The molecule has 0 saturated carbocycles. The van der Waals surface area contributed by atoms with Gasteiger partial charge in [0, 0.05) is 6.61 Å². The van der Waals surface area contributed by atoms with E-state index in [2.05, 4.69) is 10.1 Å². The van der Waals surface area contributed by atoms with Crippen molar-refractivity contribution in [3.8, 4) is 5.75 Å². The Bertz CT molecular complexity index is 445. The fourth-order valence-electron chi connectivity index (χ4n) is 2.53. The van der Waals surface area contributed by atoms with Crippen LogP contribution in [0.1, 0.15) is 37.8 Å². The maximum atomic E-state index is 12.3. The van der Waals surface area contributed by atoms with Gasteiger partial charge in [0.25, 0.3) is 0 Å². The third kappa shape index (κ3) is 4.89. The first kappa shape index (κ1) is 16.1. The van der Waals surface area contributed by atoms with Crippen molar-refractivity contribution in [3.05, 3.63) is 29.8 Å². The van der Waals surface area contributed by atoms with Crippen molar-refractivity contribution in [1.29, 1.82) is 0 Å². The van der Waals surface area contributed by atoms with E-state index in [4.69, 9.17) is 4.74 Å². The SMILES string of the molecule is CCCNC(c1cccc(OC(F)(F)F)c1)C1CCCO1. The second-order valence-corrected chi connectivity index (χ2v) is 5.10. The van der Waals surface area contributed by atoms with E-state index in [1.54, 1.807) is 12.1 Å². The van der Waals surface area contributed by atoms with Gasteiger partial charge in [-0.2, -0.15) is 0 Å². The summed E-state index contributed by atoms with van der Waals surface area (Å²) in [6.45, 7) is 3.53. The van der Waals surface area contributed by atoms with E-state index in [1.165, 1.54) is 12.1 Å². The quantitative estimate of drug-likeness (QED) is 0.867. The minimum Gasteiger partial charge on any atom is -0.406 e. The Labute approximate surface area is 122 Å². The highest BCUT2D eigenvalue weighted by atomic mass is 19.4. The summed E-state index contributed by atoms with van der Waals surface area (Å²) in [7, 11) is 0. The van der Waals surface area contributed by atoms with E-state index in [-0.39, 0.29) is 17.9 Å². The van der Waals surface area contributed by atoms with Crippen LogP contribution in [0.15, 0.2) is 24.3 Å². The van der Waals surface area contributed by atoms with E-state index >= 15 is 0 Å². The molecule has 0 amide bonds. The zero-order valence-corrected chi connectivity index (χ0v) is 12.0. The van der Waals surface area contributed by atoms with Crippen molar-refractivity contribution in [1.82, 2.24) is 5.32 Å². The van der Waals surface area contributed by atoms with Gasteiger partial charge in [0.05, 0.1) is 12.1 Å². The van der Waals surface area contributed by atoms with Crippen LogP contribution in [0.4, 0.5) is 13.2 Å². The lowest BCUT2D eigenvalue weighted by Gasteiger charge is -2.25. The molecule has 1 heterocycles. The summed E-state index contributed by atoms with van der Waals surface area (Å²) >= 11 is 0. The Hall–Kier alpha value is -1.27. The molecule has 1 aromatic carbocycles. The average molecular weight is 303 g/mol. The Morgan fingerprint density at radius 3 is 2.86 bits per heavy atom. The summed E-state index contributed by atoms with van der Waals surface area (Å²) < 4.78 is 46.6. The Morgan fingerprint density at radius 2 is 2.24 bits per heavy atom. The molecular weight excluding hydrogens is 283 g/mol. The lowest BCUT2D eigenvalue weighted by Crippen LogP contribution is -2.32. The molecule has 1 saturated heterocycles. The summed E-state index contributed by atoms with van der Waals surface area (Å²) in [5.41, 5.74) is 0.761. The summed E-state index contributed by atoms with van der Waals surface area (Å²) in [5, 5.41) is 3.36. The molecule has 1 aliphatic heterocycles. The van der Waals surface area contributed by atoms with Crippen molar-refractivity contribution in [2.45, 2.75) is 44.7 Å². The van der Waals surface area contributed by atoms with Crippen molar-refractivity contribution in [2.75, 3.05) is 13.2 Å². The first-order chi connectivity index (χ1) is 9.99. The van der Waals surface area contributed by atoms with E-state index in [1.807, 2.05) is 6.92 Å². The zero-order chi connectivity index (χ0) is 15.3. The summed E-state index contributed by atoms with van der Waals surface area (Å²) in [6.07, 6.45) is -1.84. The van der Waals surface area contributed by atoms with Gasteiger partial charge in [-0.1, -0.05) is 19.1 Å². The molecule has 21 heavy (non-hydrogen) atoms. The Balaban J connectivity index is 2.16. The van der Waals surface area contributed by atoms with Gasteiger partial charge in [0.1, 0.15) is 5.75 Å². The van der Waals surface area contributed by atoms with E-state index in [9.17, 15) is 13.2 Å². The fraction of sp³-hybridized carbons (Fsp3) is 0.600. The summed E-state index contributed by atoms with van der Waals surface area (Å²) in [6, 6.07) is 6.01. The zero-order valence-electron chi connectivity index (χ0n) is 12.0. The third-order valence-corrected chi connectivity index (χ3v) is 3.40. The minimum absolute atomic E-state index is 0.00214. The fourth-order valence-corrected chi connectivity index (χ4v) is 2.53. The molecule has 1 N–H and O–H groups in total. The number of benzene rings is 1. The molecule has 1 fully saturated rings. The monoisotopic (exact) mass is 303 g/mol. The maximum absolute atomic E-state index is 12.3. The minimum atomic E-state index is -4.67. The standard InChI is InChI=1S/C15H20F3NO2/c1-2-8-19-14(13-7-4-9-20-13)11-5-3-6-12(10-11)21-15(16,17)18/h3,5-6,10,13-14,19H,2,4,7-9H2,1H3. The second-order valence-electron chi connectivity index (χ2n) is 5.10. The molecule has 2 rings (SSSR count). The predicted octanol–water partition coefficient (Wildman–Crippen LogP) is 3.80. The topological polar surface area (TPSA) is 30.5 Å². The van der Waals surface area contributed by atoms with Crippen LogP contribution in [0, 0.1) is 0 Å². The smallest absolute Gasteiger partial charge is 0.406 e. The van der Waals surface area contributed by atoms with E-state index in [0.717, 1.165) is 31.4 Å². The lowest BCUT2D eigenvalue weighted by molar-refractivity contribution is -0.274. The van der Waals surface area contributed by atoms with Crippen molar-refractivity contribution in [2.24, 2.45) is 0 Å². The Kier molecular flexibility index (Phi) is 5.47. The number of alkyl halides is 3. The van der Waals surface area contributed by atoms with Crippen molar-refractivity contribution in [3.63, 3.8) is 0 Å². The van der Waals surface area contributed by atoms with Gasteiger partial charge in [0.15, 0.2) is 0 Å². The van der Waals surface area contributed by atoms with Crippen LogP contribution < -0.4 is 10.1 Å². The van der Waals surface area contributed by atoms with Gasteiger partial charge >= 0.3 is 6.36 Å². The van der Waals surface area contributed by atoms with Gasteiger partial charge in [-0.3, -0.25) is 0 Å². The number of ether oxygens (including phenoxy) is 2. The molecule has 118 valence electrons. The molecule has 6 heteroatoms. The van der Waals surface area contributed by atoms with Crippen LogP contribution in [0.3, 0.4) is 0 Å². The number of rotatable bonds is 6. The van der Waals surface area contributed by atoms with Crippen LogP contribution in [0.25, 0.3) is 0 Å². The highest BCUT2D eigenvalue weighted by Crippen LogP contribution is 2.30. The maximum Gasteiger partial charge on any atom is 0.573 e. The Morgan fingerprint density at radius 1 is 1.43 bits per heavy atom. The van der Waals surface area contributed by atoms with Crippen LogP contribution in [-0.4, -0.2) is 25.6 Å². The van der Waals surface area contributed by atoms with Crippen LogP contribution in [-0.2, 0) is 4.74 Å². The normalized spacial score (nSPS) is 20.5. The third-order valence-electron chi connectivity index (χ3n) is 3.40. The lowest BCUT2D eigenvalue weighted by atomic mass is 9.99. The second kappa shape index (κ2) is 7.13. The molecule has 0 aliphatic carbocycles. The molecular formula is C15H20F3NO2. The first-order valence-electron chi connectivity index (χ1n) is 7.20. The molecule has 1 aliphatic rings. The largest absolute Gasteiger partial charge is 0.573 e. The van der Waals surface area contributed by atoms with E-state index in [0.29, 0.717) is 6.61 Å². The van der Waals surface area contributed by atoms with Crippen molar-refractivity contribution >= 4 is 0 Å². The highest BCUT2D eigenvalue weighted by Gasteiger charge is 2.32. The molecule has 2 atom stereocenters. The number of hydrogen-bond acceptors (Lipinski definition) is 3. The molecule has 2 unspecified atom stereocenters. The molecule has 0 spiro atoms. The van der Waals surface area contributed by atoms with Gasteiger partial charge in [-0.15, -0.1) is 13.2 Å². The van der Waals surface area contributed by atoms with Gasteiger partial charge in [-0.05, 0) is 43.5 Å². The van der Waals surface area contributed by atoms with Crippen LogP contribution >= 0.6 is 0 Å². The highest BCUT2D eigenvalue weighted by molar-refractivity contribution is 5.31. The number of nitrogens with one attached hydrogen (secondary N) is 1. The summed E-state index contributed by atoms with van der Waals surface area (Å²) in [4.78, 5) is 0.